The molecule has 186 valence electrons. The zero-order chi connectivity index (χ0) is 24.9. The molecule has 0 amide bonds. The zero-order valence-electron chi connectivity index (χ0n) is 20.3. The van der Waals surface area contributed by atoms with Crippen molar-refractivity contribution in [1.29, 1.82) is 0 Å². The summed E-state index contributed by atoms with van der Waals surface area (Å²) in [5, 5.41) is 21.5. The quantitative estimate of drug-likeness (QED) is 0.337. The molecule has 35 heavy (non-hydrogen) atoms. The lowest BCUT2D eigenvalue weighted by molar-refractivity contribution is -0.145. The molecule has 0 aliphatic rings. The van der Waals surface area contributed by atoms with Crippen molar-refractivity contribution in [2.75, 3.05) is 32.8 Å². The van der Waals surface area contributed by atoms with Gasteiger partial charge in [0.25, 0.3) is 0 Å². The van der Waals surface area contributed by atoms with Gasteiger partial charge in [-0.1, -0.05) is 72.8 Å². The van der Waals surface area contributed by atoms with E-state index in [-0.39, 0.29) is 12.6 Å². The summed E-state index contributed by atoms with van der Waals surface area (Å²) in [5.74, 6) is 0.243. The number of aliphatic hydroxyl groups is 2. The van der Waals surface area contributed by atoms with Crippen LogP contribution in [0.1, 0.15) is 42.2 Å². The van der Waals surface area contributed by atoms with Gasteiger partial charge >= 0.3 is 5.97 Å². The molecule has 0 saturated heterocycles. The molecule has 0 bridgehead atoms. The summed E-state index contributed by atoms with van der Waals surface area (Å²) in [6.45, 7) is 3.61. The number of carbonyl (C=O) groups excluding carboxylic acids is 1. The van der Waals surface area contributed by atoms with Gasteiger partial charge in [0, 0.05) is 13.1 Å². The Hall–Kier alpha value is -3.19. The predicted octanol–water partition coefficient (Wildman–Crippen LogP) is 4.33. The van der Waals surface area contributed by atoms with Crippen molar-refractivity contribution in [2.45, 2.75) is 32.0 Å². The molecule has 0 aliphatic heterocycles. The van der Waals surface area contributed by atoms with Crippen molar-refractivity contribution in [1.82, 2.24) is 4.90 Å². The van der Waals surface area contributed by atoms with E-state index in [1.54, 1.807) is 6.92 Å². The van der Waals surface area contributed by atoms with Crippen LogP contribution in [0, 0.1) is 0 Å². The minimum atomic E-state index is -0.630. The molecule has 2 atom stereocenters. The van der Waals surface area contributed by atoms with Gasteiger partial charge in [-0.2, -0.15) is 0 Å². The second-order valence-electron chi connectivity index (χ2n) is 8.45. The molecular weight excluding hydrogens is 442 g/mol. The van der Waals surface area contributed by atoms with Crippen LogP contribution in [-0.4, -0.2) is 53.9 Å². The Morgan fingerprint density at radius 1 is 0.829 bits per heavy atom. The minimum Gasteiger partial charge on any atom is -0.482 e. The summed E-state index contributed by atoms with van der Waals surface area (Å²) in [6.07, 6.45) is 0.453. The Morgan fingerprint density at radius 3 is 1.89 bits per heavy atom. The van der Waals surface area contributed by atoms with E-state index in [2.05, 4.69) is 4.90 Å². The Bertz CT molecular complexity index is 947. The fraction of sp³-hybridized carbons (Fsp3) is 0.345. The van der Waals surface area contributed by atoms with Crippen LogP contribution in [0.5, 0.6) is 5.75 Å². The number of aliphatic hydroxyl groups excluding tert-OH is 2. The highest BCUT2D eigenvalue weighted by molar-refractivity contribution is 5.71. The lowest BCUT2D eigenvalue weighted by Crippen LogP contribution is -2.34. The number of hydrogen-bond acceptors (Lipinski definition) is 6. The third kappa shape index (κ3) is 9.17. The van der Waals surface area contributed by atoms with Crippen LogP contribution in [0.2, 0.25) is 0 Å². The van der Waals surface area contributed by atoms with Crippen molar-refractivity contribution in [3.63, 3.8) is 0 Å². The van der Waals surface area contributed by atoms with E-state index >= 15 is 0 Å². The van der Waals surface area contributed by atoms with Crippen LogP contribution in [0.4, 0.5) is 0 Å². The van der Waals surface area contributed by atoms with Crippen LogP contribution < -0.4 is 4.74 Å². The van der Waals surface area contributed by atoms with E-state index in [0.717, 1.165) is 36.1 Å². The molecule has 0 aromatic heterocycles. The number of aryl methyl sites for hydroxylation is 1. The molecule has 6 heteroatoms. The van der Waals surface area contributed by atoms with Gasteiger partial charge in [-0.05, 0) is 55.1 Å². The molecule has 3 rings (SSSR count). The van der Waals surface area contributed by atoms with Gasteiger partial charge in [-0.25, -0.2) is 4.79 Å². The van der Waals surface area contributed by atoms with E-state index < -0.39 is 12.2 Å². The SMILES string of the molecule is CCOC(=O)COc1ccc(CCCN(C[C@H](O)c2ccccc2)C[C@H](O)c2ccccc2)cc1. The number of esters is 1. The Kier molecular flexibility index (Phi) is 10.8. The summed E-state index contributed by atoms with van der Waals surface area (Å²) in [6, 6.07) is 26.9. The highest BCUT2D eigenvalue weighted by atomic mass is 16.6. The number of rotatable bonds is 14. The highest BCUT2D eigenvalue weighted by Crippen LogP contribution is 2.19. The van der Waals surface area contributed by atoms with E-state index in [9.17, 15) is 15.0 Å². The van der Waals surface area contributed by atoms with Crippen LogP contribution in [0.3, 0.4) is 0 Å². The van der Waals surface area contributed by atoms with Crippen LogP contribution >= 0.6 is 0 Å². The lowest BCUT2D eigenvalue weighted by atomic mass is 10.1. The molecule has 0 unspecified atom stereocenters. The first-order chi connectivity index (χ1) is 17.0. The number of carbonyl (C=O) groups is 1. The molecule has 6 nitrogen and oxygen atoms in total. The molecule has 0 saturated carbocycles. The normalized spacial score (nSPS) is 12.8. The largest absolute Gasteiger partial charge is 0.482 e. The van der Waals surface area contributed by atoms with E-state index in [4.69, 9.17) is 9.47 Å². The topological polar surface area (TPSA) is 79.2 Å². The zero-order valence-corrected chi connectivity index (χ0v) is 20.3. The minimum absolute atomic E-state index is 0.102. The third-order valence-electron chi connectivity index (χ3n) is 5.76. The van der Waals surface area contributed by atoms with Crippen molar-refractivity contribution in [3.05, 3.63) is 102 Å². The maximum absolute atomic E-state index is 11.4. The molecule has 0 radical (unpaired) electrons. The van der Waals surface area contributed by atoms with Gasteiger partial charge in [-0.3, -0.25) is 4.90 Å². The first-order valence-electron chi connectivity index (χ1n) is 12.1. The van der Waals surface area contributed by atoms with Crippen molar-refractivity contribution < 1.29 is 24.5 Å². The van der Waals surface area contributed by atoms with Gasteiger partial charge in [0.2, 0.25) is 0 Å². The molecule has 0 fully saturated rings. The fourth-order valence-corrected chi connectivity index (χ4v) is 3.91. The maximum Gasteiger partial charge on any atom is 0.344 e. The fourth-order valence-electron chi connectivity index (χ4n) is 3.91. The second kappa shape index (κ2) is 14.3. The Morgan fingerprint density at radius 2 is 1.37 bits per heavy atom. The number of ether oxygens (including phenoxy) is 2. The van der Waals surface area contributed by atoms with Gasteiger partial charge < -0.3 is 19.7 Å². The van der Waals surface area contributed by atoms with Crippen LogP contribution in [-0.2, 0) is 16.0 Å². The summed E-state index contributed by atoms with van der Waals surface area (Å²) in [4.78, 5) is 13.6. The van der Waals surface area contributed by atoms with Gasteiger partial charge in [0.1, 0.15) is 5.75 Å². The molecule has 0 heterocycles. The van der Waals surface area contributed by atoms with Crippen molar-refractivity contribution in [3.8, 4) is 5.75 Å². The molecule has 0 aliphatic carbocycles. The average molecular weight is 478 g/mol. The average Bonchev–Trinajstić information content (AvgIpc) is 2.89. The Labute approximate surface area is 207 Å². The third-order valence-corrected chi connectivity index (χ3v) is 5.76. The second-order valence-corrected chi connectivity index (χ2v) is 8.45. The molecular formula is C29H35NO5. The summed E-state index contributed by atoms with van der Waals surface area (Å²) >= 11 is 0. The number of nitrogens with zero attached hydrogens (tertiary/aromatic N) is 1. The predicted molar refractivity (Wildman–Crippen MR) is 136 cm³/mol. The first kappa shape index (κ1) is 26.4. The van der Waals surface area contributed by atoms with E-state index in [1.807, 2.05) is 84.9 Å². The number of hydrogen-bond donors (Lipinski definition) is 2. The molecule has 3 aromatic rings. The van der Waals surface area contributed by atoms with Gasteiger partial charge in [0.05, 0.1) is 18.8 Å². The maximum atomic E-state index is 11.4. The van der Waals surface area contributed by atoms with Gasteiger partial charge in [-0.15, -0.1) is 0 Å². The first-order valence-corrected chi connectivity index (χ1v) is 12.1. The number of benzene rings is 3. The summed E-state index contributed by atoms with van der Waals surface area (Å²) in [7, 11) is 0. The molecule has 0 spiro atoms. The van der Waals surface area contributed by atoms with Crippen molar-refractivity contribution >= 4 is 5.97 Å². The summed E-state index contributed by atoms with van der Waals surface area (Å²) in [5.41, 5.74) is 2.89. The van der Waals surface area contributed by atoms with Crippen molar-refractivity contribution in [2.24, 2.45) is 0 Å². The van der Waals surface area contributed by atoms with E-state index in [0.29, 0.717) is 25.4 Å². The highest BCUT2D eigenvalue weighted by Gasteiger charge is 2.18. The van der Waals surface area contributed by atoms with Crippen LogP contribution in [0.25, 0.3) is 0 Å². The van der Waals surface area contributed by atoms with E-state index in [1.165, 1.54) is 0 Å². The molecule has 3 aromatic carbocycles. The molecule has 2 N–H and O–H groups in total. The smallest absolute Gasteiger partial charge is 0.344 e. The monoisotopic (exact) mass is 477 g/mol. The summed E-state index contributed by atoms with van der Waals surface area (Å²) < 4.78 is 10.3. The van der Waals surface area contributed by atoms with Crippen LogP contribution in [0.15, 0.2) is 84.9 Å². The Balaban J connectivity index is 1.55. The lowest BCUT2D eigenvalue weighted by Gasteiger charge is -2.27. The van der Waals surface area contributed by atoms with Gasteiger partial charge in [0.15, 0.2) is 6.61 Å². The standard InChI is InChI=1S/C29H35NO5/c1-2-34-29(33)22-35-26-17-15-23(16-18-26)10-9-19-30(20-27(31)24-11-5-3-6-12-24)21-28(32)25-13-7-4-8-14-25/h3-8,11-18,27-28,31-32H,2,9-10,19-22H2,1H3/t27-,28-/m0/s1.